The van der Waals surface area contributed by atoms with E-state index in [1.807, 2.05) is 23.8 Å². The smallest absolute Gasteiger partial charge is 0.267 e. The number of carbonyl (C=O) groups excluding carboxylic acids is 1. The van der Waals surface area contributed by atoms with Gasteiger partial charge < -0.3 is 0 Å². The van der Waals surface area contributed by atoms with Crippen molar-refractivity contribution >= 4 is 43.2 Å². The minimum atomic E-state index is -4.75. The molecule has 10 heteroatoms. The average molecular weight is 504 g/mol. The summed E-state index contributed by atoms with van der Waals surface area (Å²) >= 11 is 3.74. The normalized spacial score (nSPS) is 12.0. The van der Waals surface area contributed by atoms with Crippen LogP contribution in [0, 0.1) is 6.92 Å². The number of halogens is 4. The molecule has 0 unspecified atom stereocenters. The summed E-state index contributed by atoms with van der Waals surface area (Å²) in [5.74, 6) is -0.917. The minimum absolute atomic E-state index is 0.139. The maximum atomic E-state index is 13.1. The minimum Gasteiger partial charge on any atom is -0.267 e. The number of sulfonamides is 1. The van der Waals surface area contributed by atoms with Crippen LogP contribution >= 0.6 is 27.3 Å². The Morgan fingerprint density at radius 3 is 2.34 bits per heavy atom. The summed E-state index contributed by atoms with van der Waals surface area (Å²) in [7, 11) is -4.54. The van der Waals surface area contributed by atoms with Crippen molar-refractivity contribution < 1.29 is 26.4 Å². The summed E-state index contributed by atoms with van der Waals surface area (Å²) < 4.78 is 65.6. The van der Waals surface area contributed by atoms with E-state index < -0.39 is 37.0 Å². The Kier molecular flexibility index (Phi) is 5.88. The van der Waals surface area contributed by atoms with Crippen LogP contribution in [0.3, 0.4) is 0 Å². The van der Waals surface area contributed by atoms with Crippen LogP contribution < -0.4 is 4.72 Å². The summed E-state index contributed by atoms with van der Waals surface area (Å²) in [4.78, 5) is 12.1. The lowest BCUT2D eigenvalue weighted by molar-refractivity contribution is -0.138. The molecule has 1 N–H and O–H groups in total. The Bertz CT molecular complexity index is 1170. The molecule has 29 heavy (non-hydrogen) atoms. The Morgan fingerprint density at radius 1 is 1.07 bits per heavy atom. The third kappa shape index (κ3) is 4.54. The Morgan fingerprint density at radius 2 is 1.72 bits per heavy atom. The first-order valence-corrected chi connectivity index (χ1v) is 11.2. The van der Waals surface area contributed by atoms with E-state index in [1.54, 1.807) is 23.6 Å². The molecule has 0 bridgehead atoms. The lowest BCUT2D eigenvalue weighted by atomic mass is 10.1. The quantitative estimate of drug-likeness (QED) is 0.502. The van der Waals surface area contributed by atoms with E-state index in [-0.39, 0.29) is 4.88 Å². The number of nitrogens with one attached hydrogen (secondary N) is 1. The zero-order valence-electron chi connectivity index (χ0n) is 14.7. The van der Waals surface area contributed by atoms with Gasteiger partial charge >= 0.3 is 6.18 Å². The van der Waals surface area contributed by atoms with Gasteiger partial charge in [-0.25, -0.2) is 13.1 Å². The number of aryl methyl sites for hydroxylation is 1. The molecular weight excluding hydrogens is 491 g/mol. The lowest BCUT2D eigenvalue weighted by Crippen LogP contribution is -2.31. The van der Waals surface area contributed by atoms with Crippen LogP contribution in [0.5, 0.6) is 0 Å². The van der Waals surface area contributed by atoms with Crippen LogP contribution in [-0.2, 0) is 16.2 Å². The monoisotopic (exact) mass is 503 g/mol. The first-order chi connectivity index (χ1) is 13.5. The number of rotatable bonds is 4. The molecular formula is C19H13BrF3NO3S2. The number of thiophene rings is 1. The predicted octanol–water partition coefficient (Wildman–Crippen LogP) is 5.62. The summed E-state index contributed by atoms with van der Waals surface area (Å²) in [5, 5.41) is 1.64. The number of alkyl halides is 3. The van der Waals surface area contributed by atoms with Gasteiger partial charge in [0.15, 0.2) is 0 Å². The second-order valence-corrected chi connectivity index (χ2v) is 9.44. The summed E-state index contributed by atoms with van der Waals surface area (Å²) in [6.45, 7) is 1.91. The highest BCUT2D eigenvalue weighted by Gasteiger charge is 2.36. The Hall–Kier alpha value is -2.17. The molecule has 4 nitrogen and oxygen atoms in total. The zero-order valence-corrected chi connectivity index (χ0v) is 18.0. The van der Waals surface area contributed by atoms with Gasteiger partial charge in [-0.05, 0) is 52.0 Å². The molecule has 0 radical (unpaired) electrons. The van der Waals surface area contributed by atoms with Gasteiger partial charge in [-0.3, -0.25) is 4.79 Å². The van der Waals surface area contributed by atoms with Gasteiger partial charge in [0, 0.05) is 5.56 Å². The van der Waals surface area contributed by atoms with Gasteiger partial charge in [-0.15, -0.1) is 11.3 Å². The van der Waals surface area contributed by atoms with Gasteiger partial charge in [0.25, 0.3) is 15.9 Å². The van der Waals surface area contributed by atoms with Crippen molar-refractivity contribution in [2.45, 2.75) is 18.0 Å². The molecule has 0 saturated carbocycles. The van der Waals surface area contributed by atoms with Crippen molar-refractivity contribution in [2.24, 2.45) is 0 Å². The first kappa shape index (κ1) is 21.5. The van der Waals surface area contributed by atoms with Gasteiger partial charge in [0.1, 0.15) is 9.77 Å². The average Bonchev–Trinajstić information content (AvgIpc) is 3.11. The summed E-state index contributed by atoms with van der Waals surface area (Å²) in [6.07, 6.45) is -4.75. The molecule has 0 aliphatic heterocycles. The van der Waals surface area contributed by atoms with Crippen molar-refractivity contribution in [3.63, 3.8) is 0 Å². The van der Waals surface area contributed by atoms with Crippen molar-refractivity contribution in [3.05, 3.63) is 74.4 Å². The van der Waals surface area contributed by atoms with E-state index in [2.05, 4.69) is 15.9 Å². The fourth-order valence-corrected chi connectivity index (χ4v) is 5.67. The second-order valence-electron chi connectivity index (χ2n) is 6.08. The van der Waals surface area contributed by atoms with Crippen LogP contribution in [0.4, 0.5) is 13.2 Å². The molecule has 3 aromatic rings. The highest BCUT2D eigenvalue weighted by atomic mass is 79.9. The van der Waals surface area contributed by atoms with E-state index in [0.717, 1.165) is 40.7 Å². The molecule has 0 aliphatic carbocycles. The molecule has 0 aliphatic rings. The van der Waals surface area contributed by atoms with E-state index in [4.69, 9.17) is 0 Å². The topological polar surface area (TPSA) is 63.2 Å². The molecule has 1 aromatic heterocycles. The van der Waals surface area contributed by atoms with Crippen LogP contribution in [-0.4, -0.2) is 14.3 Å². The highest BCUT2D eigenvalue weighted by Crippen LogP contribution is 2.38. The largest absolute Gasteiger partial charge is 0.417 e. The molecule has 0 fully saturated rings. The predicted molar refractivity (Wildman–Crippen MR) is 108 cm³/mol. The molecule has 152 valence electrons. The maximum absolute atomic E-state index is 13.1. The second kappa shape index (κ2) is 7.92. The van der Waals surface area contributed by atoms with Crippen molar-refractivity contribution in [1.82, 2.24) is 4.72 Å². The Labute approximate surface area is 177 Å². The maximum Gasteiger partial charge on any atom is 0.417 e. The van der Waals surface area contributed by atoms with E-state index in [1.165, 1.54) is 0 Å². The van der Waals surface area contributed by atoms with Gasteiger partial charge in [-0.1, -0.05) is 35.9 Å². The van der Waals surface area contributed by atoms with Crippen molar-refractivity contribution in [2.75, 3.05) is 0 Å². The zero-order chi connectivity index (χ0) is 21.4. The highest BCUT2D eigenvalue weighted by molar-refractivity contribution is 9.10. The molecule has 0 atom stereocenters. The van der Waals surface area contributed by atoms with Gasteiger partial charge in [0.05, 0.1) is 10.0 Å². The molecule has 3 rings (SSSR count). The number of amides is 1. The number of hydrogen-bond donors (Lipinski definition) is 1. The summed E-state index contributed by atoms with van der Waals surface area (Å²) in [5.41, 5.74) is 1.13. The van der Waals surface area contributed by atoms with Gasteiger partial charge in [0.2, 0.25) is 0 Å². The fraction of sp³-hybridized carbons (Fsp3) is 0.105. The van der Waals surface area contributed by atoms with Crippen LogP contribution in [0.1, 0.15) is 20.8 Å². The van der Waals surface area contributed by atoms with Crippen LogP contribution in [0.25, 0.3) is 11.1 Å². The van der Waals surface area contributed by atoms with Crippen molar-refractivity contribution in [1.29, 1.82) is 0 Å². The molecule has 0 spiro atoms. The van der Waals surface area contributed by atoms with E-state index in [9.17, 15) is 26.4 Å². The molecule has 2 aromatic carbocycles. The molecule has 1 amide bonds. The van der Waals surface area contributed by atoms with Gasteiger partial charge in [-0.2, -0.15) is 13.2 Å². The molecule has 1 heterocycles. The number of benzene rings is 2. The standard InChI is InChI=1S/C19H13BrF3NO3S2/c1-11-5-7-12(8-6-11)13-9-10-28-17(13)18(25)24-29(26,27)15-4-2-3-14(16(15)20)19(21,22)23/h2-10H,1H3,(H,24,25). The number of hydrogen-bond acceptors (Lipinski definition) is 4. The van der Waals surface area contributed by atoms with Crippen LogP contribution in [0.2, 0.25) is 0 Å². The first-order valence-electron chi connectivity index (χ1n) is 8.08. The third-order valence-electron chi connectivity index (χ3n) is 4.02. The van der Waals surface area contributed by atoms with Crippen molar-refractivity contribution in [3.8, 4) is 11.1 Å². The molecule has 0 saturated heterocycles. The van der Waals surface area contributed by atoms with E-state index in [0.29, 0.717) is 5.56 Å². The third-order valence-corrected chi connectivity index (χ3v) is 7.42. The lowest BCUT2D eigenvalue weighted by Gasteiger charge is -2.13. The van der Waals surface area contributed by atoms with E-state index >= 15 is 0 Å². The Balaban J connectivity index is 1.95. The summed E-state index contributed by atoms with van der Waals surface area (Å²) in [6, 6.07) is 11.7. The number of carbonyl (C=O) groups is 1. The van der Waals surface area contributed by atoms with Crippen LogP contribution in [0.15, 0.2) is 63.3 Å². The fourth-order valence-electron chi connectivity index (χ4n) is 2.61. The SMILES string of the molecule is Cc1ccc(-c2ccsc2C(=O)NS(=O)(=O)c2cccc(C(F)(F)F)c2Br)cc1.